The molecule has 116 valence electrons. The van der Waals surface area contributed by atoms with E-state index < -0.39 is 30.6 Å². The zero-order valence-electron chi connectivity index (χ0n) is 11.9. The average molecular weight is 309 g/mol. The SMILES string of the molecule is Cc1cn(-c2ccc(F)c(CO)c2)c2c1C(=O)C(F)(F)CC2. The van der Waals surface area contributed by atoms with Crippen LogP contribution in [0, 0.1) is 12.7 Å². The summed E-state index contributed by atoms with van der Waals surface area (Å²) < 4.78 is 42.3. The number of ketones is 1. The van der Waals surface area contributed by atoms with Gasteiger partial charge in [-0.1, -0.05) is 0 Å². The van der Waals surface area contributed by atoms with Crippen molar-refractivity contribution >= 4 is 5.78 Å². The maximum absolute atomic E-state index is 13.6. The molecule has 0 spiro atoms. The van der Waals surface area contributed by atoms with Gasteiger partial charge in [-0.3, -0.25) is 4.79 Å². The van der Waals surface area contributed by atoms with Crippen LogP contribution < -0.4 is 0 Å². The van der Waals surface area contributed by atoms with E-state index in [0.717, 1.165) is 0 Å². The van der Waals surface area contributed by atoms with Crippen molar-refractivity contribution in [2.24, 2.45) is 0 Å². The lowest BCUT2D eigenvalue weighted by Gasteiger charge is -2.22. The minimum atomic E-state index is -3.33. The summed E-state index contributed by atoms with van der Waals surface area (Å²) in [6, 6.07) is 4.15. The van der Waals surface area contributed by atoms with Crippen molar-refractivity contribution in [3.05, 3.63) is 52.6 Å². The molecule has 3 nitrogen and oxygen atoms in total. The number of aliphatic hydroxyl groups is 1. The van der Waals surface area contributed by atoms with Gasteiger partial charge in [0.25, 0.3) is 0 Å². The van der Waals surface area contributed by atoms with E-state index in [1.54, 1.807) is 17.7 Å². The Bertz CT molecular complexity index is 765. The molecule has 1 aliphatic rings. The van der Waals surface area contributed by atoms with Crippen LogP contribution in [-0.4, -0.2) is 21.4 Å². The van der Waals surface area contributed by atoms with Crippen molar-refractivity contribution in [3.8, 4) is 5.69 Å². The largest absolute Gasteiger partial charge is 0.392 e. The van der Waals surface area contributed by atoms with Gasteiger partial charge >= 0.3 is 5.92 Å². The number of aliphatic hydroxyl groups excluding tert-OH is 1. The summed E-state index contributed by atoms with van der Waals surface area (Å²) in [5.41, 5.74) is 1.67. The minimum absolute atomic E-state index is 0.0473. The second-order valence-corrected chi connectivity index (χ2v) is 5.47. The van der Waals surface area contributed by atoms with Crippen LogP contribution in [0.15, 0.2) is 24.4 Å². The fourth-order valence-corrected chi connectivity index (χ4v) is 2.87. The van der Waals surface area contributed by atoms with Crippen LogP contribution in [0.3, 0.4) is 0 Å². The number of hydrogen-bond donors (Lipinski definition) is 1. The molecule has 0 atom stereocenters. The molecule has 3 rings (SSSR count). The molecule has 0 saturated heterocycles. The van der Waals surface area contributed by atoms with Gasteiger partial charge < -0.3 is 9.67 Å². The Hall–Kier alpha value is -2.08. The maximum Gasteiger partial charge on any atom is 0.310 e. The Kier molecular flexibility index (Phi) is 3.36. The van der Waals surface area contributed by atoms with Gasteiger partial charge in [0.05, 0.1) is 6.61 Å². The number of alkyl halides is 2. The highest BCUT2D eigenvalue weighted by Crippen LogP contribution is 2.36. The van der Waals surface area contributed by atoms with Crippen molar-refractivity contribution < 1.29 is 23.1 Å². The van der Waals surface area contributed by atoms with Gasteiger partial charge in [0.15, 0.2) is 0 Å². The number of benzene rings is 1. The highest BCUT2D eigenvalue weighted by atomic mass is 19.3. The third kappa shape index (κ3) is 2.14. The molecule has 6 heteroatoms. The van der Waals surface area contributed by atoms with Gasteiger partial charge in [-0.15, -0.1) is 0 Å². The molecule has 1 aromatic carbocycles. The first-order valence-corrected chi connectivity index (χ1v) is 6.88. The molecule has 0 fully saturated rings. The summed E-state index contributed by atoms with van der Waals surface area (Å²) in [4.78, 5) is 11.9. The van der Waals surface area contributed by atoms with E-state index >= 15 is 0 Å². The Morgan fingerprint density at radius 2 is 2.09 bits per heavy atom. The molecule has 1 N–H and O–H groups in total. The Morgan fingerprint density at radius 3 is 2.77 bits per heavy atom. The lowest BCUT2D eigenvalue weighted by atomic mass is 9.91. The number of fused-ring (bicyclic) bond motifs is 1. The topological polar surface area (TPSA) is 42.2 Å². The van der Waals surface area contributed by atoms with Crippen LogP contribution in [0.5, 0.6) is 0 Å². The van der Waals surface area contributed by atoms with E-state index in [-0.39, 0.29) is 17.5 Å². The molecule has 0 saturated carbocycles. The predicted octanol–water partition coefficient (Wildman–Crippen LogP) is 3.18. The van der Waals surface area contributed by atoms with Gasteiger partial charge in [-0.2, -0.15) is 8.78 Å². The van der Waals surface area contributed by atoms with Crippen LogP contribution in [0.25, 0.3) is 5.69 Å². The van der Waals surface area contributed by atoms with Crippen LogP contribution in [0.4, 0.5) is 13.2 Å². The standard InChI is InChI=1S/C16H14F3NO2/c1-9-7-20(11-2-3-12(17)10(6-11)8-21)13-4-5-16(18,19)15(22)14(9)13/h2-3,6-7,21H,4-5,8H2,1H3. The van der Waals surface area contributed by atoms with Crippen molar-refractivity contribution in [1.29, 1.82) is 0 Å². The van der Waals surface area contributed by atoms with Gasteiger partial charge in [-0.05, 0) is 37.1 Å². The summed E-state index contributed by atoms with van der Waals surface area (Å²) in [7, 11) is 0. The summed E-state index contributed by atoms with van der Waals surface area (Å²) in [5.74, 6) is -5.02. The van der Waals surface area contributed by atoms with E-state index in [4.69, 9.17) is 5.11 Å². The van der Waals surface area contributed by atoms with E-state index in [9.17, 15) is 18.0 Å². The molecule has 0 bridgehead atoms. The zero-order chi connectivity index (χ0) is 16.1. The normalized spacial score (nSPS) is 16.7. The smallest absolute Gasteiger partial charge is 0.310 e. The van der Waals surface area contributed by atoms with Crippen LogP contribution in [-0.2, 0) is 13.0 Å². The number of rotatable bonds is 2. The number of carbonyl (C=O) groups is 1. The number of nitrogens with zero attached hydrogens (tertiary/aromatic N) is 1. The summed E-state index contributed by atoms with van der Waals surface area (Å²) in [6.07, 6.45) is 1.13. The van der Waals surface area contributed by atoms with Gasteiger partial charge in [0.2, 0.25) is 5.78 Å². The third-order valence-electron chi connectivity index (χ3n) is 4.01. The molecule has 0 radical (unpaired) electrons. The predicted molar refractivity (Wildman–Crippen MR) is 74.0 cm³/mol. The number of hydrogen-bond acceptors (Lipinski definition) is 2. The van der Waals surface area contributed by atoms with Crippen molar-refractivity contribution in [3.63, 3.8) is 0 Å². The number of halogens is 3. The zero-order valence-corrected chi connectivity index (χ0v) is 11.9. The first kappa shape index (κ1) is 14.8. The Balaban J connectivity index is 2.16. The van der Waals surface area contributed by atoms with Crippen LogP contribution in [0.1, 0.15) is 33.6 Å². The molecule has 0 aliphatic heterocycles. The number of aryl methyl sites for hydroxylation is 1. The first-order valence-electron chi connectivity index (χ1n) is 6.88. The fraction of sp³-hybridized carbons (Fsp3) is 0.312. The van der Waals surface area contributed by atoms with Crippen molar-refractivity contribution in [2.75, 3.05) is 0 Å². The summed E-state index contributed by atoms with van der Waals surface area (Å²) in [5, 5.41) is 9.14. The fourth-order valence-electron chi connectivity index (χ4n) is 2.87. The van der Waals surface area contributed by atoms with Crippen molar-refractivity contribution in [1.82, 2.24) is 4.57 Å². The highest BCUT2D eigenvalue weighted by Gasteiger charge is 2.45. The number of aromatic nitrogens is 1. The molecule has 2 aromatic rings. The van der Waals surface area contributed by atoms with E-state index in [0.29, 0.717) is 16.9 Å². The second kappa shape index (κ2) is 4.98. The van der Waals surface area contributed by atoms with E-state index in [1.165, 1.54) is 18.2 Å². The molecule has 22 heavy (non-hydrogen) atoms. The van der Waals surface area contributed by atoms with Gasteiger partial charge in [0, 0.05) is 35.1 Å². The van der Waals surface area contributed by atoms with Crippen LogP contribution in [0.2, 0.25) is 0 Å². The maximum atomic E-state index is 13.6. The van der Waals surface area contributed by atoms with Crippen molar-refractivity contribution in [2.45, 2.75) is 32.3 Å². The molecule has 0 unspecified atom stereocenters. The number of Topliss-reactive ketones (excluding diaryl/α,β-unsaturated/α-hetero) is 1. The molecular weight excluding hydrogens is 295 g/mol. The first-order chi connectivity index (χ1) is 10.3. The molecule has 1 aromatic heterocycles. The van der Waals surface area contributed by atoms with Gasteiger partial charge in [0.1, 0.15) is 5.82 Å². The molecule has 1 aliphatic carbocycles. The quantitative estimate of drug-likeness (QED) is 0.926. The molecule has 0 amide bonds. The molecule has 1 heterocycles. The summed E-state index contributed by atoms with van der Waals surface area (Å²) >= 11 is 0. The van der Waals surface area contributed by atoms with Gasteiger partial charge in [-0.25, -0.2) is 4.39 Å². The van der Waals surface area contributed by atoms with Crippen LogP contribution >= 0.6 is 0 Å². The monoisotopic (exact) mass is 309 g/mol. The third-order valence-corrected chi connectivity index (χ3v) is 4.01. The average Bonchev–Trinajstić information content (AvgIpc) is 2.81. The lowest BCUT2D eigenvalue weighted by molar-refractivity contribution is 0.00167. The highest BCUT2D eigenvalue weighted by molar-refractivity contribution is 6.04. The van der Waals surface area contributed by atoms with E-state index in [2.05, 4.69) is 0 Å². The second-order valence-electron chi connectivity index (χ2n) is 5.47. The Morgan fingerprint density at radius 1 is 1.36 bits per heavy atom. The molecular formula is C16H14F3NO2. The Labute approximate surface area is 125 Å². The minimum Gasteiger partial charge on any atom is -0.392 e. The number of carbonyl (C=O) groups excluding carboxylic acids is 1. The summed E-state index contributed by atoms with van der Waals surface area (Å²) in [6.45, 7) is 1.14. The lowest BCUT2D eigenvalue weighted by Crippen LogP contribution is -2.34. The van der Waals surface area contributed by atoms with E-state index in [1.807, 2.05) is 0 Å².